The summed E-state index contributed by atoms with van der Waals surface area (Å²) < 4.78 is 14.2. The highest BCUT2D eigenvalue weighted by Crippen LogP contribution is 2.38. The number of carbonyl (C=O) groups is 1. The van der Waals surface area contributed by atoms with E-state index in [0.29, 0.717) is 28.0 Å². The number of aromatic amines is 1. The molecule has 1 atom stereocenters. The van der Waals surface area contributed by atoms with E-state index in [9.17, 15) is 19.4 Å². The van der Waals surface area contributed by atoms with Gasteiger partial charge in [-0.1, -0.05) is 35.9 Å². The van der Waals surface area contributed by atoms with Crippen LogP contribution in [0.5, 0.6) is 5.88 Å². The molecule has 4 aromatic rings. The number of anilines is 1. The molecule has 5 rings (SSSR count). The van der Waals surface area contributed by atoms with Gasteiger partial charge in [-0.15, -0.1) is 0 Å². The van der Waals surface area contributed by atoms with Crippen molar-refractivity contribution in [3.05, 3.63) is 82.6 Å². The average molecular weight is 451 g/mol. The SMILES string of the molecule is O=C(c1ccccc1F)c1c(O)[nH]c2cc(Cl)c(-c3ccc(N4CCC(O)C4)cc3)cc12. The topological polar surface area (TPSA) is 76.6 Å². The van der Waals surface area contributed by atoms with Gasteiger partial charge in [0.25, 0.3) is 0 Å². The fourth-order valence-electron chi connectivity index (χ4n) is 4.26. The number of halogens is 2. The molecular formula is C25H20ClFN2O3. The molecule has 1 saturated heterocycles. The number of hydrogen-bond acceptors (Lipinski definition) is 4. The van der Waals surface area contributed by atoms with Crippen molar-refractivity contribution in [1.29, 1.82) is 0 Å². The lowest BCUT2D eigenvalue weighted by molar-refractivity contribution is 0.103. The summed E-state index contributed by atoms with van der Waals surface area (Å²) in [6, 6.07) is 16.9. The number of nitrogens with zero attached hydrogens (tertiary/aromatic N) is 1. The van der Waals surface area contributed by atoms with Crippen LogP contribution in [-0.2, 0) is 0 Å². The average Bonchev–Trinajstić information content (AvgIpc) is 3.35. The molecule has 1 fully saturated rings. The third-order valence-corrected chi connectivity index (χ3v) is 6.23. The first kappa shape index (κ1) is 20.5. The van der Waals surface area contributed by atoms with E-state index in [-0.39, 0.29) is 23.1 Å². The summed E-state index contributed by atoms with van der Waals surface area (Å²) in [5.74, 6) is -1.59. The molecule has 5 nitrogen and oxygen atoms in total. The molecule has 1 aromatic heterocycles. The number of aliphatic hydroxyl groups is 1. The van der Waals surface area contributed by atoms with Gasteiger partial charge in [-0.3, -0.25) is 4.79 Å². The Morgan fingerprint density at radius 3 is 2.56 bits per heavy atom. The lowest BCUT2D eigenvalue weighted by Crippen LogP contribution is -2.20. The number of nitrogens with one attached hydrogen (secondary N) is 1. The van der Waals surface area contributed by atoms with Gasteiger partial charge in [0.2, 0.25) is 11.7 Å². The minimum Gasteiger partial charge on any atom is -0.494 e. The van der Waals surface area contributed by atoms with Crippen molar-refractivity contribution in [1.82, 2.24) is 4.98 Å². The highest BCUT2D eigenvalue weighted by atomic mass is 35.5. The molecule has 0 bridgehead atoms. The van der Waals surface area contributed by atoms with Crippen LogP contribution < -0.4 is 4.90 Å². The van der Waals surface area contributed by atoms with Gasteiger partial charge < -0.3 is 20.1 Å². The summed E-state index contributed by atoms with van der Waals surface area (Å²) >= 11 is 6.52. The highest BCUT2D eigenvalue weighted by Gasteiger charge is 2.24. The molecule has 0 aliphatic carbocycles. The molecule has 1 aliphatic rings. The fraction of sp³-hybridized carbons (Fsp3) is 0.160. The number of aromatic nitrogens is 1. The zero-order valence-corrected chi connectivity index (χ0v) is 17.7. The zero-order valence-electron chi connectivity index (χ0n) is 17.0. The fourth-order valence-corrected chi connectivity index (χ4v) is 4.53. The summed E-state index contributed by atoms with van der Waals surface area (Å²) in [6.45, 7) is 1.41. The largest absolute Gasteiger partial charge is 0.494 e. The van der Waals surface area contributed by atoms with Gasteiger partial charge in [-0.05, 0) is 48.4 Å². The molecule has 0 spiro atoms. The number of β-amino-alcohol motifs (C(OH)–C–C–N with tert-alkyl or cyclic N) is 1. The lowest BCUT2D eigenvalue weighted by atomic mass is 9.98. The third-order valence-electron chi connectivity index (χ3n) is 5.92. The second kappa shape index (κ2) is 7.97. The number of H-pyrrole nitrogens is 1. The van der Waals surface area contributed by atoms with Crippen LogP contribution in [0.2, 0.25) is 5.02 Å². The summed E-state index contributed by atoms with van der Waals surface area (Å²) in [6.07, 6.45) is 0.443. The van der Waals surface area contributed by atoms with E-state index in [2.05, 4.69) is 9.88 Å². The van der Waals surface area contributed by atoms with E-state index in [1.165, 1.54) is 18.2 Å². The van der Waals surface area contributed by atoms with Gasteiger partial charge in [-0.25, -0.2) is 4.39 Å². The maximum absolute atomic E-state index is 14.2. The van der Waals surface area contributed by atoms with Crippen LogP contribution in [0.3, 0.4) is 0 Å². The van der Waals surface area contributed by atoms with Gasteiger partial charge in [0.1, 0.15) is 5.82 Å². The van der Waals surface area contributed by atoms with Crippen molar-refractivity contribution in [2.24, 2.45) is 0 Å². The normalized spacial score (nSPS) is 16.1. The smallest absolute Gasteiger partial charge is 0.202 e. The Kier molecular flexibility index (Phi) is 5.12. The van der Waals surface area contributed by atoms with Gasteiger partial charge in [0, 0.05) is 29.7 Å². The van der Waals surface area contributed by atoms with Crippen molar-refractivity contribution in [3.8, 4) is 17.0 Å². The van der Waals surface area contributed by atoms with Crippen molar-refractivity contribution in [2.45, 2.75) is 12.5 Å². The molecule has 0 amide bonds. The third kappa shape index (κ3) is 3.51. The Morgan fingerprint density at radius 1 is 1.12 bits per heavy atom. The van der Waals surface area contributed by atoms with Crippen LogP contribution in [0.4, 0.5) is 10.1 Å². The molecule has 3 aromatic carbocycles. The number of fused-ring (bicyclic) bond motifs is 1. The molecule has 7 heteroatoms. The number of benzene rings is 3. The predicted molar refractivity (Wildman–Crippen MR) is 123 cm³/mol. The van der Waals surface area contributed by atoms with Gasteiger partial charge >= 0.3 is 0 Å². The van der Waals surface area contributed by atoms with Gasteiger partial charge in [0.05, 0.1) is 27.8 Å². The van der Waals surface area contributed by atoms with E-state index < -0.39 is 11.6 Å². The summed E-state index contributed by atoms with van der Waals surface area (Å²) in [5, 5.41) is 21.1. The van der Waals surface area contributed by atoms with Gasteiger partial charge in [0.15, 0.2) is 0 Å². The Hall–Kier alpha value is -3.35. The summed E-state index contributed by atoms with van der Waals surface area (Å²) in [7, 11) is 0. The number of aromatic hydroxyl groups is 1. The number of rotatable bonds is 4. The van der Waals surface area contributed by atoms with E-state index in [4.69, 9.17) is 11.6 Å². The van der Waals surface area contributed by atoms with E-state index in [1.807, 2.05) is 24.3 Å². The van der Waals surface area contributed by atoms with Crippen molar-refractivity contribution in [3.63, 3.8) is 0 Å². The predicted octanol–water partition coefficient (Wildman–Crippen LogP) is 5.14. The molecule has 2 heterocycles. The number of ketones is 1. The number of hydrogen-bond donors (Lipinski definition) is 3. The van der Waals surface area contributed by atoms with Crippen molar-refractivity contribution >= 4 is 34.0 Å². The minimum atomic E-state index is -0.650. The van der Waals surface area contributed by atoms with Crippen molar-refractivity contribution in [2.75, 3.05) is 18.0 Å². The standard InChI is InChI=1S/C25H20ClFN2O3/c26-20-12-22-19(23(25(32)28-22)24(31)17-3-1-2-4-21(17)27)11-18(20)14-5-7-15(8-6-14)29-10-9-16(30)13-29/h1-8,11-12,16,28,30,32H,9-10,13H2. The first-order valence-corrected chi connectivity index (χ1v) is 10.7. The van der Waals surface area contributed by atoms with Crippen LogP contribution in [-0.4, -0.2) is 40.2 Å². The number of aliphatic hydroxyl groups excluding tert-OH is 1. The van der Waals surface area contributed by atoms with Crippen LogP contribution in [0.25, 0.3) is 22.0 Å². The summed E-state index contributed by atoms with van der Waals surface area (Å²) in [5.41, 5.74) is 2.91. The van der Waals surface area contributed by atoms with Crippen LogP contribution in [0, 0.1) is 5.82 Å². The first-order chi connectivity index (χ1) is 15.4. The van der Waals surface area contributed by atoms with Gasteiger partial charge in [-0.2, -0.15) is 0 Å². The van der Waals surface area contributed by atoms with E-state index >= 15 is 0 Å². The monoisotopic (exact) mass is 450 g/mol. The maximum Gasteiger partial charge on any atom is 0.202 e. The molecule has 0 saturated carbocycles. The molecule has 0 radical (unpaired) electrons. The molecule has 3 N–H and O–H groups in total. The Morgan fingerprint density at radius 2 is 1.88 bits per heavy atom. The lowest BCUT2D eigenvalue weighted by Gasteiger charge is -2.18. The Labute approximate surface area is 188 Å². The Bertz CT molecular complexity index is 1330. The van der Waals surface area contributed by atoms with Crippen LogP contribution >= 0.6 is 11.6 Å². The Balaban J connectivity index is 1.56. The van der Waals surface area contributed by atoms with Crippen molar-refractivity contribution < 1.29 is 19.4 Å². The highest BCUT2D eigenvalue weighted by molar-refractivity contribution is 6.34. The maximum atomic E-state index is 14.2. The quantitative estimate of drug-likeness (QED) is 0.376. The van der Waals surface area contributed by atoms with E-state index in [1.54, 1.807) is 18.2 Å². The molecule has 1 unspecified atom stereocenters. The number of carbonyl (C=O) groups excluding carboxylic acids is 1. The molecule has 1 aliphatic heterocycles. The van der Waals surface area contributed by atoms with Crippen LogP contribution in [0.1, 0.15) is 22.3 Å². The summed E-state index contributed by atoms with van der Waals surface area (Å²) in [4.78, 5) is 17.9. The minimum absolute atomic E-state index is 0.00527. The second-order valence-corrected chi connectivity index (χ2v) is 8.38. The zero-order chi connectivity index (χ0) is 22.4. The van der Waals surface area contributed by atoms with E-state index in [0.717, 1.165) is 24.2 Å². The molecule has 32 heavy (non-hydrogen) atoms. The molecular weight excluding hydrogens is 431 g/mol. The molecule has 162 valence electrons. The second-order valence-electron chi connectivity index (χ2n) is 7.97. The first-order valence-electron chi connectivity index (χ1n) is 10.3. The van der Waals surface area contributed by atoms with Crippen LogP contribution in [0.15, 0.2) is 60.7 Å².